The second-order valence-corrected chi connectivity index (χ2v) is 15.7. The molecule has 4 aliphatic rings. The van der Waals surface area contributed by atoms with E-state index in [4.69, 9.17) is 10.8 Å². The van der Waals surface area contributed by atoms with Crippen molar-refractivity contribution >= 4 is 29.2 Å². The van der Waals surface area contributed by atoms with Gasteiger partial charge in [0.1, 0.15) is 22.8 Å². The van der Waals surface area contributed by atoms with Crippen LogP contribution in [0.25, 0.3) is 5.76 Å². The number of hydrogen-bond acceptors (Lipinski definition) is 10. The van der Waals surface area contributed by atoms with E-state index in [1.165, 1.54) is 80.6 Å². The van der Waals surface area contributed by atoms with Gasteiger partial charge in [-0.15, -0.1) is 0 Å². The van der Waals surface area contributed by atoms with Crippen molar-refractivity contribution < 1.29 is 49.8 Å². The number of aliphatic hydroxyl groups is 4. The van der Waals surface area contributed by atoms with Gasteiger partial charge in [-0.2, -0.15) is 0 Å². The lowest BCUT2D eigenvalue weighted by Gasteiger charge is -2.53. The third-order valence-corrected chi connectivity index (χ3v) is 11.1. The second-order valence-electron chi connectivity index (χ2n) is 15.7. The summed E-state index contributed by atoms with van der Waals surface area (Å²) >= 11 is 0. The summed E-state index contributed by atoms with van der Waals surface area (Å²) in [5.41, 5.74) is 4.55. The number of carbonyl (C=O) groups excluding carboxylic acids is 3. The summed E-state index contributed by atoms with van der Waals surface area (Å²) in [5, 5.41) is 63.5. The SMILES string of the molecule is CC1=C(/C=C/C(C)=C/C=C/C(C)=C\C(=O)O)C(C)(C)CCC1.CN(C)[C@@H]1C(=O)C(C(N)=O)=C(O)[C@@]2(O)C(=O)C3=C(O)c4c(O)cccc4[C@@](C)(O)[C@H]3C[C@@H]12. The predicted molar refractivity (Wildman–Crippen MR) is 204 cm³/mol. The standard InChI is InChI=1S/C22H24N2O8.C20H28O2/c1-21(31)8-5-4-6-11(25)12(8)16(26)13-9(21)7-10-15(24(2)3)17(27)14(20(23)30)19(29)22(10,32)18(13)28;1-15(8-6-9-16(2)14-19(21)22)11-12-18-17(3)10-7-13-20(18,4)5/h4-6,9-10,15,25-26,29,31-32H,7H2,1-3H3,(H2,23,30);6,8-9,11-12,14H,7,10,13H2,1-5H3,(H,21,22)/b;9-6+,12-11+,15-8+,16-14-/t9-,10-,15-,21+,22-;/m0./s1. The van der Waals surface area contributed by atoms with Gasteiger partial charge < -0.3 is 36.4 Å². The Morgan fingerprint density at radius 3 is 2.22 bits per heavy atom. The molecular weight excluding hydrogens is 692 g/mol. The molecule has 0 aromatic heterocycles. The summed E-state index contributed by atoms with van der Waals surface area (Å²) in [6, 6.07) is 3.02. The minimum atomic E-state index is -2.75. The molecule has 5 rings (SSSR count). The van der Waals surface area contributed by atoms with E-state index in [-0.39, 0.29) is 23.0 Å². The molecule has 0 radical (unpaired) electrons. The Morgan fingerprint density at radius 1 is 1.00 bits per heavy atom. The molecule has 5 atom stereocenters. The molecule has 54 heavy (non-hydrogen) atoms. The van der Waals surface area contributed by atoms with Crippen LogP contribution < -0.4 is 5.73 Å². The highest BCUT2D eigenvalue weighted by Gasteiger charge is 2.66. The number of nitrogens with zero attached hydrogens (tertiary/aromatic N) is 1. The second kappa shape index (κ2) is 15.4. The predicted octanol–water partition coefficient (Wildman–Crippen LogP) is 5.23. The molecule has 0 aliphatic heterocycles. The molecule has 0 unspecified atom stereocenters. The largest absolute Gasteiger partial charge is 0.508 e. The van der Waals surface area contributed by atoms with Gasteiger partial charge in [-0.1, -0.05) is 67.5 Å². The summed E-state index contributed by atoms with van der Waals surface area (Å²) in [6.45, 7) is 12.1. The molecule has 1 fully saturated rings. The van der Waals surface area contributed by atoms with Crippen molar-refractivity contribution in [3.05, 3.63) is 105 Å². The molecule has 12 heteroatoms. The van der Waals surface area contributed by atoms with Gasteiger partial charge in [0, 0.05) is 23.5 Å². The number of carbonyl (C=O) groups is 4. The van der Waals surface area contributed by atoms with Crippen LogP contribution in [0.3, 0.4) is 0 Å². The van der Waals surface area contributed by atoms with E-state index in [2.05, 4.69) is 39.8 Å². The third kappa shape index (κ3) is 7.51. The van der Waals surface area contributed by atoms with E-state index >= 15 is 0 Å². The average Bonchev–Trinajstić information content (AvgIpc) is 3.04. The van der Waals surface area contributed by atoms with E-state index in [0.717, 1.165) is 11.1 Å². The number of carboxylic acid groups (broad SMARTS) is 1. The summed E-state index contributed by atoms with van der Waals surface area (Å²) in [6.07, 6.45) is 14.8. The Bertz CT molecular complexity index is 1990. The number of likely N-dealkylation sites (N-methyl/N-ethyl adjacent to an activating group) is 1. The van der Waals surface area contributed by atoms with E-state index in [0.29, 0.717) is 0 Å². The molecule has 12 nitrogen and oxygen atoms in total. The highest BCUT2D eigenvalue weighted by Crippen LogP contribution is 2.57. The Hall–Kier alpha value is -5.04. The van der Waals surface area contributed by atoms with Crippen molar-refractivity contribution in [1.82, 2.24) is 4.90 Å². The van der Waals surface area contributed by atoms with Crippen LogP contribution in [0.2, 0.25) is 0 Å². The number of primary amides is 1. The summed E-state index contributed by atoms with van der Waals surface area (Å²) in [5.74, 6) is -8.81. The van der Waals surface area contributed by atoms with Gasteiger partial charge in [0.05, 0.1) is 17.2 Å². The fourth-order valence-electron chi connectivity index (χ4n) is 8.38. The van der Waals surface area contributed by atoms with Crippen LogP contribution in [0.15, 0.2) is 93.9 Å². The number of benzene rings is 1. The Morgan fingerprint density at radius 2 is 1.65 bits per heavy atom. The zero-order valence-electron chi connectivity index (χ0n) is 32.1. The number of allylic oxidation sites excluding steroid dienone is 9. The number of phenolic OH excluding ortho intramolecular Hbond substituents is 1. The molecule has 1 saturated carbocycles. The Kier molecular flexibility index (Phi) is 11.9. The highest BCUT2D eigenvalue weighted by molar-refractivity contribution is 6.24. The number of aromatic hydroxyl groups is 1. The summed E-state index contributed by atoms with van der Waals surface area (Å²) in [7, 11) is 3.01. The zero-order chi connectivity index (χ0) is 40.7. The van der Waals surface area contributed by atoms with Crippen LogP contribution >= 0.6 is 0 Å². The van der Waals surface area contributed by atoms with Gasteiger partial charge >= 0.3 is 5.97 Å². The van der Waals surface area contributed by atoms with Gasteiger partial charge in [-0.3, -0.25) is 19.3 Å². The van der Waals surface area contributed by atoms with E-state index in [1.807, 2.05) is 12.2 Å². The lowest BCUT2D eigenvalue weighted by Crippen LogP contribution is -2.67. The topological polar surface area (TPSA) is 219 Å². The van der Waals surface area contributed by atoms with E-state index in [1.54, 1.807) is 13.0 Å². The normalized spacial score (nSPS) is 28.6. The molecule has 4 aliphatic carbocycles. The smallest absolute Gasteiger partial charge is 0.328 e. The third-order valence-electron chi connectivity index (χ3n) is 11.1. The molecule has 1 aromatic rings. The number of aliphatic carboxylic acids is 1. The van der Waals surface area contributed by atoms with Gasteiger partial charge in [-0.05, 0) is 95.7 Å². The van der Waals surface area contributed by atoms with Crippen LogP contribution in [0, 0.1) is 17.3 Å². The van der Waals surface area contributed by atoms with Crippen molar-refractivity contribution in [2.45, 2.75) is 84.5 Å². The fourth-order valence-corrected chi connectivity index (χ4v) is 8.38. The molecule has 1 aromatic carbocycles. The van der Waals surface area contributed by atoms with E-state index < -0.39 is 80.9 Å². The number of ketones is 2. The van der Waals surface area contributed by atoms with Crippen molar-refractivity contribution in [2.75, 3.05) is 14.1 Å². The van der Waals surface area contributed by atoms with Gasteiger partial charge in [0.2, 0.25) is 5.78 Å². The fraction of sp³-hybridized carbons (Fsp3) is 0.429. The lowest BCUT2D eigenvalue weighted by atomic mass is 9.54. The molecular formula is C42H52N2O10. The minimum absolute atomic E-state index is 0.170. The van der Waals surface area contributed by atoms with Crippen LogP contribution in [-0.4, -0.2) is 84.7 Å². The number of amides is 1. The zero-order valence-corrected chi connectivity index (χ0v) is 32.1. The Labute approximate surface area is 315 Å². The highest BCUT2D eigenvalue weighted by atomic mass is 16.4. The number of aliphatic hydroxyl groups excluding tert-OH is 2. The maximum absolute atomic E-state index is 13.7. The number of fused-ring (bicyclic) bond motifs is 3. The van der Waals surface area contributed by atoms with Crippen molar-refractivity contribution in [3.63, 3.8) is 0 Å². The van der Waals surface area contributed by atoms with Crippen LogP contribution in [0.4, 0.5) is 0 Å². The van der Waals surface area contributed by atoms with Crippen molar-refractivity contribution in [2.24, 2.45) is 23.0 Å². The lowest BCUT2D eigenvalue weighted by molar-refractivity contribution is -0.159. The number of hydrogen-bond donors (Lipinski definition) is 7. The molecule has 290 valence electrons. The van der Waals surface area contributed by atoms with Crippen molar-refractivity contribution in [3.8, 4) is 5.75 Å². The van der Waals surface area contributed by atoms with Crippen LogP contribution in [0.1, 0.15) is 78.4 Å². The van der Waals surface area contributed by atoms with E-state index in [9.17, 15) is 44.7 Å². The first kappa shape index (κ1) is 41.7. The molecule has 8 N–H and O–H groups in total. The maximum Gasteiger partial charge on any atom is 0.328 e. The molecule has 0 heterocycles. The first-order valence-corrected chi connectivity index (χ1v) is 17.8. The summed E-state index contributed by atoms with van der Waals surface area (Å²) in [4.78, 5) is 50.5. The van der Waals surface area contributed by atoms with Crippen LogP contribution in [0.5, 0.6) is 5.75 Å². The molecule has 1 amide bonds. The average molecular weight is 745 g/mol. The molecule has 0 bridgehead atoms. The van der Waals surface area contributed by atoms with Gasteiger partial charge in [-0.25, -0.2) is 4.79 Å². The first-order chi connectivity index (χ1) is 25.0. The maximum atomic E-state index is 13.7. The number of Topliss-reactive ketones (excluding diaryl/α,β-unsaturated/α-hetero) is 2. The monoisotopic (exact) mass is 744 g/mol. The quantitative estimate of drug-likeness (QED) is 0.109. The minimum Gasteiger partial charge on any atom is -0.508 e. The van der Waals surface area contributed by atoms with Crippen molar-refractivity contribution in [1.29, 1.82) is 0 Å². The van der Waals surface area contributed by atoms with Gasteiger partial charge in [0.15, 0.2) is 11.4 Å². The Balaban J connectivity index is 0.000000260. The number of phenols is 1. The molecule has 0 saturated heterocycles. The molecule has 0 spiro atoms. The number of nitrogens with two attached hydrogens (primary N) is 1. The summed E-state index contributed by atoms with van der Waals surface area (Å²) < 4.78 is 0. The number of rotatable bonds is 7. The van der Waals surface area contributed by atoms with Crippen LogP contribution in [-0.2, 0) is 24.8 Å². The number of carboxylic acids is 1. The van der Waals surface area contributed by atoms with Gasteiger partial charge in [0.25, 0.3) is 5.91 Å². The first-order valence-electron chi connectivity index (χ1n) is 17.8.